The van der Waals surface area contributed by atoms with E-state index in [9.17, 15) is 0 Å². The second-order valence-electron chi connectivity index (χ2n) is 14.7. The summed E-state index contributed by atoms with van der Waals surface area (Å²) in [5, 5.41) is 2.55. The second-order valence-corrected chi connectivity index (χ2v) is 14.7. The third-order valence-corrected chi connectivity index (χ3v) is 12.1. The average molecular weight is 701 g/mol. The molecular formula is C54H36O. The molecule has 55 heavy (non-hydrogen) atoms. The highest BCUT2D eigenvalue weighted by Crippen LogP contribution is 2.59. The summed E-state index contributed by atoms with van der Waals surface area (Å²) in [7, 11) is 0. The van der Waals surface area contributed by atoms with E-state index in [1.54, 1.807) is 0 Å². The molecule has 0 saturated heterocycles. The summed E-state index contributed by atoms with van der Waals surface area (Å²) >= 11 is 0. The number of ether oxygens (including phenoxy) is 1. The van der Waals surface area contributed by atoms with Crippen molar-refractivity contribution in [3.05, 3.63) is 263 Å². The summed E-state index contributed by atoms with van der Waals surface area (Å²) in [5.74, 6) is 1.75. The van der Waals surface area contributed by atoms with Crippen LogP contribution in [-0.2, 0) is 10.8 Å². The van der Waals surface area contributed by atoms with Crippen LogP contribution < -0.4 is 4.74 Å². The standard InChI is InChI=1S/C54H36O/c1-4-17-40(18-5-1)53(46-25-13-12-24-45(46)52-44-23-11-10-16-38(44)30-35-49(52)53)43-32-28-37(29-33-43)39-31-34-48-51(36-39)55-50-27-15-14-26-47(50)54(48,41-19-6-2-7-20-41)42-21-8-3-9-22-42/h1-36H. The Labute approximate surface area is 321 Å². The zero-order chi connectivity index (χ0) is 36.4. The molecule has 0 bridgehead atoms. The Morgan fingerprint density at radius 3 is 1.49 bits per heavy atom. The number of hydrogen-bond donors (Lipinski definition) is 0. The van der Waals surface area contributed by atoms with Gasteiger partial charge in [-0.15, -0.1) is 0 Å². The van der Waals surface area contributed by atoms with Crippen molar-refractivity contribution >= 4 is 10.8 Å². The van der Waals surface area contributed by atoms with Gasteiger partial charge in [-0.1, -0.05) is 206 Å². The number of rotatable bonds is 5. The molecule has 1 atom stereocenters. The quantitative estimate of drug-likeness (QED) is 0.174. The first-order chi connectivity index (χ1) is 27.3. The van der Waals surface area contributed by atoms with Gasteiger partial charge in [0.1, 0.15) is 11.5 Å². The molecule has 0 aromatic heterocycles. The van der Waals surface area contributed by atoms with Crippen molar-refractivity contribution in [2.75, 3.05) is 0 Å². The lowest BCUT2D eigenvalue weighted by Gasteiger charge is -2.41. The number of hydrogen-bond acceptors (Lipinski definition) is 1. The molecule has 0 fully saturated rings. The lowest BCUT2D eigenvalue weighted by molar-refractivity contribution is 0.435. The Balaban J connectivity index is 1.09. The first kappa shape index (κ1) is 31.6. The molecule has 0 radical (unpaired) electrons. The summed E-state index contributed by atoms with van der Waals surface area (Å²) in [6.07, 6.45) is 0. The maximum Gasteiger partial charge on any atom is 0.132 e. The molecule has 1 aliphatic carbocycles. The van der Waals surface area contributed by atoms with E-state index in [1.807, 2.05) is 0 Å². The van der Waals surface area contributed by atoms with Crippen LogP contribution in [0.1, 0.15) is 44.5 Å². The smallest absolute Gasteiger partial charge is 0.132 e. The first-order valence-corrected chi connectivity index (χ1v) is 19.1. The van der Waals surface area contributed by atoms with Crippen LogP contribution in [0.15, 0.2) is 218 Å². The molecule has 0 N–H and O–H groups in total. The van der Waals surface area contributed by atoms with Gasteiger partial charge in [-0.3, -0.25) is 0 Å². The topological polar surface area (TPSA) is 9.23 Å². The average Bonchev–Trinajstić information content (AvgIpc) is 3.58. The lowest BCUT2D eigenvalue weighted by Crippen LogP contribution is -2.34. The van der Waals surface area contributed by atoms with E-state index in [1.165, 1.54) is 55.3 Å². The first-order valence-electron chi connectivity index (χ1n) is 19.1. The fraction of sp³-hybridized carbons (Fsp3) is 0.0370. The SMILES string of the molecule is c1ccc(C2(c3ccccc3)c3ccccc3Oc3cc(-c4ccc(C5(c6ccccc6)c6ccccc6-c6c5ccc5ccccc65)cc4)ccc32)cc1. The molecule has 0 saturated carbocycles. The molecule has 1 nitrogen and oxygen atoms in total. The van der Waals surface area contributed by atoms with Crippen molar-refractivity contribution in [3.63, 3.8) is 0 Å². The Morgan fingerprint density at radius 2 is 0.800 bits per heavy atom. The number of fused-ring (bicyclic) bond motifs is 7. The van der Waals surface area contributed by atoms with Crippen molar-refractivity contribution in [2.45, 2.75) is 10.8 Å². The van der Waals surface area contributed by atoms with Crippen LogP contribution >= 0.6 is 0 Å². The molecule has 1 heteroatoms. The van der Waals surface area contributed by atoms with E-state index >= 15 is 0 Å². The van der Waals surface area contributed by atoms with E-state index in [-0.39, 0.29) is 0 Å². The van der Waals surface area contributed by atoms with Crippen LogP contribution in [0, 0.1) is 0 Å². The van der Waals surface area contributed by atoms with Crippen LogP contribution in [-0.4, -0.2) is 0 Å². The van der Waals surface area contributed by atoms with E-state index in [0.29, 0.717) is 0 Å². The van der Waals surface area contributed by atoms with Gasteiger partial charge in [-0.2, -0.15) is 0 Å². The Hall–Kier alpha value is -6.96. The minimum atomic E-state index is -0.537. The van der Waals surface area contributed by atoms with Gasteiger partial charge in [0.15, 0.2) is 0 Å². The Morgan fingerprint density at radius 1 is 0.309 bits per heavy atom. The van der Waals surface area contributed by atoms with Crippen molar-refractivity contribution in [3.8, 4) is 33.8 Å². The summed E-state index contributed by atoms with van der Waals surface area (Å²) in [6, 6.07) is 79.8. The molecule has 11 rings (SSSR count). The minimum Gasteiger partial charge on any atom is -0.457 e. The monoisotopic (exact) mass is 700 g/mol. The van der Waals surface area contributed by atoms with Gasteiger partial charge >= 0.3 is 0 Å². The zero-order valence-electron chi connectivity index (χ0n) is 30.2. The highest BCUT2D eigenvalue weighted by atomic mass is 16.5. The molecule has 1 unspecified atom stereocenters. The molecule has 0 spiro atoms. The molecule has 1 aliphatic heterocycles. The fourth-order valence-corrected chi connectivity index (χ4v) is 9.83. The predicted octanol–water partition coefficient (Wildman–Crippen LogP) is 13.4. The summed E-state index contributed by atoms with van der Waals surface area (Å²) < 4.78 is 6.83. The van der Waals surface area contributed by atoms with Gasteiger partial charge < -0.3 is 4.74 Å². The van der Waals surface area contributed by atoms with Gasteiger partial charge in [0, 0.05) is 11.1 Å². The molecule has 2 aliphatic rings. The van der Waals surface area contributed by atoms with E-state index in [2.05, 4.69) is 218 Å². The van der Waals surface area contributed by atoms with E-state index < -0.39 is 10.8 Å². The van der Waals surface area contributed by atoms with Crippen LogP contribution in [0.5, 0.6) is 11.5 Å². The normalized spacial score (nSPS) is 16.0. The third-order valence-electron chi connectivity index (χ3n) is 12.1. The van der Waals surface area contributed by atoms with E-state index in [4.69, 9.17) is 4.74 Å². The van der Waals surface area contributed by atoms with Crippen LogP contribution in [0.3, 0.4) is 0 Å². The Bertz CT molecular complexity index is 2840. The van der Waals surface area contributed by atoms with Crippen molar-refractivity contribution in [1.82, 2.24) is 0 Å². The highest BCUT2D eigenvalue weighted by molar-refractivity contribution is 6.04. The summed E-state index contributed by atoms with van der Waals surface area (Å²) in [6.45, 7) is 0. The maximum absolute atomic E-state index is 6.83. The van der Waals surface area contributed by atoms with Gasteiger partial charge in [-0.05, 0) is 78.5 Å². The summed E-state index contributed by atoms with van der Waals surface area (Å²) in [5.41, 5.74) is 13.8. The number of para-hydroxylation sites is 1. The predicted molar refractivity (Wildman–Crippen MR) is 225 cm³/mol. The maximum atomic E-state index is 6.83. The molecule has 9 aromatic rings. The molecular weight excluding hydrogens is 665 g/mol. The largest absolute Gasteiger partial charge is 0.457 e. The third kappa shape index (κ3) is 4.47. The van der Waals surface area contributed by atoms with Gasteiger partial charge in [-0.25, -0.2) is 0 Å². The summed E-state index contributed by atoms with van der Waals surface area (Å²) in [4.78, 5) is 0. The van der Waals surface area contributed by atoms with Gasteiger partial charge in [0.2, 0.25) is 0 Å². The second kappa shape index (κ2) is 12.3. The van der Waals surface area contributed by atoms with Crippen LogP contribution in [0.25, 0.3) is 33.0 Å². The molecule has 1 heterocycles. The number of benzene rings is 9. The van der Waals surface area contributed by atoms with Gasteiger partial charge in [0.05, 0.1) is 10.8 Å². The van der Waals surface area contributed by atoms with Crippen LogP contribution in [0.2, 0.25) is 0 Å². The Kier molecular flexibility index (Phi) is 7.06. The minimum absolute atomic E-state index is 0.469. The van der Waals surface area contributed by atoms with Crippen LogP contribution in [0.4, 0.5) is 0 Å². The zero-order valence-corrected chi connectivity index (χ0v) is 30.2. The van der Waals surface area contributed by atoms with Crippen molar-refractivity contribution in [2.24, 2.45) is 0 Å². The lowest BCUT2D eigenvalue weighted by atomic mass is 9.63. The molecule has 0 amide bonds. The van der Waals surface area contributed by atoms with Crippen molar-refractivity contribution in [1.29, 1.82) is 0 Å². The van der Waals surface area contributed by atoms with Gasteiger partial charge in [0.25, 0.3) is 0 Å². The molecule has 9 aromatic carbocycles. The molecule has 258 valence electrons. The van der Waals surface area contributed by atoms with Crippen molar-refractivity contribution < 1.29 is 4.74 Å². The fourth-order valence-electron chi connectivity index (χ4n) is 9.83. The van der Waals surface area contributed by atoms with E-state index in [0.717, 1.165) is 33.8 Å². The highest BCUT2D eigenvalue weighted by Gasteiger charge is 2.47.